The van der Waals surface area contributed by atoms with Crippen LogP contribution in [0.25, 0.3) is 0 Å². The number of rotatable bonds is 5. The van der Waals surface area contributed by atoms with Crippen LogP contribution in [0, 0.1) is 0 Å². The molecule has 1 heterocycles. The molecule has 2 aromatic rings. The molecule has 0 aliphatic heterocycles. The molecule has 0 spiro atoms. The van der Waals surface area contributed by atoms with Gasteiger partial charge in [0.15, 0.2) is 5.69 Å². The lowest BCUT2D eigenvalue weighted by Crippen LogP contribution is -2.19. The first-order valence-corrected chi connectivity index (χ1v) is 6.55. The van der Waals surface area contributed by atoms with Gasteiger partial charge in [-0.3, -0.25) is 4.79 Å². The molecule has 1 aromatic carbocycles. The summed E-state index contributed by atoms with van der Waals surface area (Å²) >= 11 is 3.31. The van der Waals surface area contributed by atoms with Crippen molar-refractivity contribution in [1.29, 1.82) is 0 Å². The molecule has 0 aliphatic rings. The summed E-state index contributed by atoms with van der Waals surface area (Å²) in [6.07, 6.45) is 1.18. The van der Waals surface area contributed by atoms with Crippen LogP contribution in [-0.2, 0) is 11.3 Å². The highest BCUT2D eigenvalue weighted by Gasteiger charge is 2.11. The predicted molar refractivity (Wildman–Crippen MR) is 76.3 cm³/mol. The summed E-state index contributed by atoms with van der Waals surface area (Å²) in [7, 11) is 1.52. The van der Waals surface area contributed by atoms with Gasteiger partial charge in [-0.25, -0.2) is 9.48 Å². The zero-order valence-electron chi connectivity index (χ0n) is 10.9. The lowest BCUT2D eigenvalue weighted by molar-refractivity contribution is -0.116. The molecule has 2 N–H and O–H groups in total. The van der Waals surface area contributed by atoms with Crippen molar-refractivity contribution in [2.24, 2.45) is 0 Å². The number of nitrogens with one attached hydrogen (secondary N) is 1. The van der Waals surface area contributed by atoms with Gasteiger partial charge in [-0.2, -0.15) is 0 Å². The third kappa shape index (κ3) is 4.02. The molecule has 9 heteroatoms. The molecule has 8 nitrogen and oxygen atoms in total. The Morgan fingerprint density at radius 2 is 2.19 bits per heavy atom. The highest BCUT2D eigenvalue weighted by Crippen LogP contribution is 2.24. The van der Waals surface area contributed by atoms with Gasteiger partial charge in [0.05, 0.1) is 13.3 Å². The molecule has 2 rings (SSSR count). The highest BCUT2D eigenvalue weighted by molar-refractivity contribution is 9.10. The van der Waals surface area contributed by atoms with Gasteiger partial charge in [-0.15, -0.1) is 5.10 Å². The summed E-state index contributed by atoms with van der Waals surface area (Å²) in [6.45, 7) is -0.144. The van der Waals surface area contributed by atoms with E-state index in [1.165, 1.54) is 13.3 Å². The molecule has 1 amide bonds. The van der Waals surface area contributed by atoms with Crippen LogP contribution < -0.4 is 10.1 Å². The first-order chi connectivity index (χ1) is 9.97. The fourth-order valence-corrected chi connectivity index (χ4v) is 2.05. The minimum atomic E-state index is -1.20. The number of halogens is 1. The summed E-state index contributed by atoms with van der Waals surface area (Å²) < 4.78 is 6.99. The first-order valence-electron chi connectivity index (χ1n) is 5.76. The van der Waals surface area contributed by atoms with Gasteiger partial charge in [0.25, 0.3) is 0 Å². The Bertz CT molecular complexity index is 686. The summed E-state index contributed by atoms with van der Waals surface area (Å²) in [6, 6.07) is 5.13. The number of carboxylic acids is 1. The van der Waals surface area contributed by atoms with Crippen molar-refractivity contribution in [2.45, 2.75) is 6.54 Å². The van der Waals surface area contributed by atoms with E-state index in [1.54, 1.807) is 18.2 Å². The number of hydrogen-bond acceptors (Lipinski definition) is 5. The van der Waals surface area contributed by atoms with E-state index in [9.17, 15) is 9.59 Å². The Kier molecular flexibility index (Phi) is 4.53. The Hall–Kier alpha value is -2.42. The topological polar surface area (TPSA) is 106 Å². The number of carbonyl (C=O) groups is 2. The molecule has 0 radical (unpaired) electrons. The Labute approximate surface area is 127 Å². The monoisotopic (exact) mass is 354 g/mol. The highest BCUT2D eigenvalue weighted by atomic mass is 79.9. The standard InChI is InChI=1S/C12H11BrN4O4/c1-21-9-3-7(13)2-8(4-9)14-11(18)6-17-5-10(12(19)20)15-16-17/h2-5H,6H2,1H3,(H,14,18)(H,19,20). The molecule has 0 fully saturated rings. The van der Waals surface area contributed by atoms with Gasteiger partial charge in [-0.1, -0.05) is 21.1 Å². The van der Waals surface area contributed by atoms with Crippen molar-refractivity contribution < 1.29 is 19.4 Å². The quantitative estimate of drug-likeness (QED) is 0.840. The van der Waals surface area contributed by atoms with Crippen molar-refractivity contribution in [3.63, 3.8) is 0 Å². The van der Waals surface area contributed by atoms with E-state index >= 15 is 0 Å². The van der Waals surface area contributed by atoms with E-state index in [-0.39, 0.29) is 18.1 Å². The second-order valence-electron chi connectivity index (χ2n) is 4.03. The van der Waals surface area contributed by atoms with E-state index < -0.39 is 5.97 Å². The molecule has 0 unspecified atom stereocenters. The average Bonchev–Trinajstić information content (AvgIpc) is 2.86. The van der Waals surface area contributed by atoms with Crippen LogP contribution in [0.3, 0.4) is 0 Å². The molecule has 0 atom stereocenters. The van der Waals surface area contributed by atoms with Crippen LogP contribution in [0.1, 0.15) is 10.5 Å². The number of benzene rings is 1. The fraction of sp³-hybridized carbons (Fsp3) is 0.167. The van der Waals surface area contributed by atoms with Gasteiger partial charge < -0.3 is 15.2 Å². The van der Waals surface area contributed by atoms with Gasteiger partial charge in [0, 0.05) is 16.2 Å². The predicted octanol–water partition coefficient (Wildman–Crippen LogP) is 1.39. The van der Waals surface area contributed by atoms with E-state index in [0.29, 0.717) is 11.4 Å². The minimum absolute atomic E-state index is 0.144. The van der Waals surface area contributed by atoms with Gasteiger partial charge in [0.2, 0.25) is 5.91 Å². The number of aromatic nitrogens is 3. The lowest BCUT2D eigenvalue weighted by atomic mass is 10.3. The molecular formula is C12H11BrN4O4. The number of amides is 1. The van der Waals surface area contributed by atoms with E-state index in [1.807, 2.05) is 0 Å². The van der Waals surface area contributed by atoms with E-state index in [2.05, 4.69) is 31.6 Å². The number of aromatic carboxylic acids is 1. The maximum atomic E-state index is 11.9. The normalized spacial score (nSPS) is 10.2. The van der Waals surface area contributed by atoms with Crippen molar-refractivity contribution in [2.75, 3.05) is 12.4 Å². The number of nitrogens with zero attached hydrogens (tertiary/aromatic N) is 3. The molecule has 0 bridgehead atoms. The molecule has 21 heavy (non-hydrogen) atoms. The summed E-state index contributed by atoms with van der Waals surface area (Å²) in [5.74, 6) is -0.969. The number of anilines is 1. The number of carboxylic acid groups (broad SMARTS) is 1. The number of methoxy groups -OCH3 is 1. The van der Waals surface area contributed by atoms with Crippen LogP contribution in [0.2, 0.25) is 0 Å². The first kappa shape index (κ1) is 15.0. The third-order valence-electron chi connectivity index (χ3n) is 2.45. The fourth-order valence-electron chi connectivity index (χ4n) is 1.57. The van der Waals surface area contributed by atoms with Gasteiger partial charge in [-0.05, 0) is 12.1 Å². The number of carbonyl (C=O) groups excluding carboxylic acids is 1. The molecule has 1 aromatic heterocycles. The van der Waals surface area contributed by atoms with E-state index in [0.717, 1.165) is 9.15 Å². The van der Waals surface area contributed by atoms with Crippen molar-refractivity contribution in [3.8, 4) is 5.75 Å². The maximum Gasteiger partial charge on any atom is 0.358 e. The number of hydrogen-bond donors (Lipinski definition) is 2. The molecule has 0 aliphatic carbocycles. The largest absolute Gasteiger partial charge is 0.497 e. The van der Waals surface area contributed by atoms with Crippen LogP contribution >= 0.6 is 15.9 Å². The zero-order chi connectivity index (χ0) is 15.4. The zero-order valence-corrected chi connectivity index (χ0v) is 12.5. The summed E-state index contributed by atoms with van der Waals surface area (Å²) in [5.41, 5.74) is 0.330. The number of ether oxygens (including phenoxy) is 1. The van der Waals surface area contributed by atoms with E-state index in [4.69, 9.17) is 9.84 Å². The average molecular weight is 355 g/mol. The van der Waals surface area contributed by atoms with Crippen LogP contribution in [0.5, 0.6) is 5.75 Å². The van der Waals surface area contributed by atoms with Crippen LogP contribution in [0.4, 0.5) is 5.69 Å². The van der Waals surface area contributed by atoms with Crippen molar-refractivity contribution in [3.05, 3.63) is 34.6 Å². The minimum Gasteiger partial charge on any atom is -0.497 e. The molecule has 0 saturated carbocycles. The summed E-state index contributed by atoms with van der Waals surface area (Å²) in [5, 5.41) is 18.4. The van der Waals surface area contributed by atoms with Gasteiger partial charge in [0.1, 0.15) is 12.3 Å². The Morgan fingerprint density at radius 1 is 1.43 bits per heavy atom. The summed E-state index contributed by atoms with van der Waals surface area (Å²) in [4.78, 5) is 22.5. The lowest BCUT2D eigenvalue weighted by Gasteiger charge is -2.08. The van der Waals surface area contributed by atoms with Gasteiger partial charge >= 0.3 is 5.97 Å². The molecule has 0 saturated heterocycles. The van der Waals surface area contributed by atoms with Crippen molar-refractivity contribution in [1.82, 2.24) is 15.0 Å². The third-order valence-corrected chi connectivity index (χ3v) is 2.91. The Balaban J connectivity index is 2.04. The SMILES string of the molecule is COc1cc(Br)cc(NC(=O)Cn2cc(C(=O)O)nn2)c1. The van der Waals surface area contributed by atoms with Crippen LogP contribution in [-0.4, -0.2) is 39.1 Å². The molecular weight excluding hydrogens is 344 g/mol. The molecule has 110 valence electrons. The second-order valence-corrected chi connectivity index (χ2v) is 4.95. The van der Waals surface area contributed by atoms with Crippen molar-refractivity contribution >= 4 is 33.5 Å². The smallest absolute Gasteiger partial charge is 0.358 e. The maximum absolute atomic E-state index is 11.9. The van der Waals surface area contributed by atoms with Crippen LogP contribution in [0.15, 0.2) is 28.9 Å². The second kappa shape index (κ2) is 6.35. The Morgan fingerprint density at radius 3 is 2.81 bits per heavy atom.